The fraction of sp³-hybridized carbons (Fsp3) is 0.312. The average Bonchev–Trinajstić information content (AvgIpc) is 2.40. The fourth-order valence-corrected chi connectivity index (χ4v) is 2.15. The molecular weight excluding hydrogens is 256 g/mol. The molecule has 20 heavy (non-hydrogen) atoms. The zero-order valence-corrected chi connectivity index (χ0v) is 11.7. The predicted octanol–water partition coefficient (Wildman–Crippen LogP) is 2.59. The Labute approximate surface area is 117 Å². The van der Waals surface area contributed by atoms with Crippen LogP contribution in [0.1, 0.15) is 18.1 Å². The minimum absolute atomic E-state index is 0.290. The Morgan fingerprint density at radius 2 is 2.25 bits per heavy atom. The first kappa shape index (κ1) is 14.3. The summed E-state index contributed by atoms with van der Waals surface area (Å²) in [6, 6.07) is 5.38. The van der Waals surface area contributed by atoms with Crippen molar-refractivity contribution < 1.29 is 14.3 Å². The molecule has 0 amide bonds. The molecule has 1 aromatic carbocycles. The van der Waals surface area contributed by atoms with Crippen LogP contribution in [0.5, 0.6) is 5.75 Å². The van der Waals surface area contributed by atoms with Crippen LogP contribution in [0.15, 0.2) is 40.1 Å². The maximum absolute atomic E-state index is 12.0. The molecule has 0 radical (unpaired) electrons. The number of aliphatic hydroxyl groups excluding tert-OH is 1. The van der Waals surface area contributed by atoms with Gasteiger partial charge in [0.1, 0.15) is 17.9 Å². The summed E-state index contributed by atoms with van der Waals surface area (Å²) >= 11 is 0. The van der Waals surface area contributed by atoms with Crippen LogP contribution < -0.4 is 10.4 Å². The highest BCUT2D eigenvalue weighted by atomic mass is 16.5. The maximum atomic E-state index is 12.0. The van der Waals surface area contributed by atoms with Crippen LogP contribution in [0.2, 0.25) is 0 Å². The molecule has 0 fully saturated rings. The molecule has 0 spiro atoms. The monoisotopic (exact) mass is 274 g/mol. The summed E-state index contributed by atoms with van der Waals surface area (Å²) in [7, 11) is 0. The zero-order chi connectivity index (χ0) is 14.7. The predicted molar refractivity (Wildman–Crippen MR) is 78.3 cm³/mol. The van der Waals surface area contributed by atoms with Gasteiger partial charge in [0, 0.05) is 23.4 Å². The van der Waals surface area contributed by atoms with Gasteiger partial charge in [0.25, 0.3) is 0 Å². The van der Waals surface area contributed by atoms with Crippen molar-refractivity contribution in [1.29, 1.82) is 0 Å². The lowest BCUT2D eigenvalue weighted by Gasteiger charge is -2.10. The molecule has 0 unspecified atom stereocenters. The molecule has 0 saturated carbocycles. The van der Waals surface area contributed by atoms with Crippen molar-refractivity contribution in [2.45, 2.75) is 26.4 Å². The second-order valence-corrected chi connectivity index (χ2v) is 4.80. The zero-order valence-electron chi connectivity index (χ0n) is 11.7. The van der Waals surface area contributed by atoms with E-state index >= 15 is 0 Å². The van der Waals surface area contributed by atoms with E-state index in [0.29, 0.717) is 29.9 Å². The summed E-state index contributed by atoms with van der Waals surface area (Å²) in [6.45, 7) is 7.49. The molecule has 106 valence electrons. The Balaban J connectivity index is 2.52. The van der Waals surface area contributed by atoms with Crippen molar-refractivity contribution >= 4 is 11.0 Å². The summed E-state index contributed by atoms with van der Waals surface area (Å²) in [5, 5.41) is 10.3. The highest BCUT2D eigenvalue weighted by Crippen LogP contribution is 2.24. The Kier molecular flexibility index (Phi) is 4.25. The molecule has 1 atom stereocenters. The van der Waals surface area contributed by atoms with E-state index in [1.54, 1.807) is 19.1 Å². The average molecular weight is 274 g/mol. The summed E-state index contributed by atoms with van der Waals surface area (Å²) < 4.78 is 10.7. The van der Waals surface area contributed by atoms with Gasteiger partial charge in [0.15, 0.2) is 0 Å². The number of fused-ring (bicyclic) bond motifs is 1. The Hall–Kier alpha value is -2.07. The molecular formula is C16H18O4. The second kappa shape index (κ2) is 5.92. The SMILES string of the molecule is C=CCOc1ccc2c(C)c(C[C@@H](C)O)c(=O)oc2c1. The summed E-state index contributed by atoms with van der Waals surface area (Å²) in [6.07, 6.45) is 1.36. The van der Waals surface area contributed by atoms with Gasteiger partial charge in [-0.3, -0.25) is 0 Å². The number of aryl methyl sites for hydroxylation is 1. The van der Waals surface area contributed by atoms with E-state index in [0.717, 1.165) is 10.9 Å². The molecule has 0 aliphatic heterocycles. The van der Waals surface area contributed by atoms with E-state index in [2.05, 4.69) is 6.58 Å². The van der Waals surface area contributed by atoms with Crippen molar-refractivity contribution in [2.24, 2.45) is 0 Å². The Morgan fingerprint density at radius 1 is 1.50 bits per heavy atom. The van der Waals surface area contributed by atoms with E-state index < -0.39 is 11.7 Å². The van der Waals surface area contributed by atoms with Crippen molar-refractivity contribution in [2.75, 3.05) is 6.61 Å². The first-order chi connectivity index (χ1) is 9.52. The molecule has 1 heterocycles. The molecule has 2 aromatic rings. The highest BCUT2D eigenvalue weighted by molar-refractivity contribution is 5.82. The molecule has 0 aliphatic rings. The lowest BCUT2D eigenvalue weighted by molar-refractivity contribution is 0.194. The highest BCUT2D eigenvalue weighted by Gasteiger charge is 2.13. The van der Waals surface area contributed by atoms with Gasteiger partial charge >= 0.3 is 5.63 Å². The van der Waals surface area contributed by atoms with E-state index in [1.165, 1.54) is 0 Å². The topological polar surface area (TPSA) is 59.7 Å². The molecule has 0 aliphatic carbocycles. The van der Waals surface area contributed by atoms with Gasteiger partial charge in [-0.05, 0) is 31.5 Å². The van der Waals surface area contributed by atoms with Gasteiger partial charge in [0.2, 0.25) is 0 Å². The number of hydrogen-bond acceptors (Lipinski definition) is 4. The second-order valence-electron chi connectivity index (χ2n) is 4.80. The molecule has 0 bridgehead atoms. The van der Waals surface area contributed by atoms with Gasteiger partial charge in [-0.2, -0.15) is 0 Å². The lowest BCUT2D eigenvalue weighted by Crippen LogP contribution is -2.16. The Bertz CT molecular complexity index is 683. The summed E-state index contributed by atoms with van der Waals surface area (Å²) in [5.74, 6) is 0.628. The van der Waals surface area contributed by atoms with Crippen molar-refractivity contribution in [3.8, 4) is 5.75 Å². The molecule has 1 aromatic heterocycles. The van der Waals surface area contributed by atoms with Gasteiger partial charge in [0.05, 0.1) is 6.10 Å². The van der Waals surface area contributed by atoms with Gasteiger partial charge < -0.3 is 14.3 Å². The molecule has 2 rings (SSSR count). The third-order valence-corrected chi connectivity index (χ3v) is 3.13. The van der Waals surface area contributed by atoms with Crippen LogP contribution in [-0.4, -0.2) is 17.8 Å². The minimum Gasteiger partial charge on any atom is -0.489 e. The Morgan fingerprint density at radius 3 is 2.90 bits per heavy atom. The quantitative estimate of drug-likeness (QED) is 0.672. The molecule has 1 N–H and O–H groups in total. The van der Waals surface area contributed by atoms with Crippen LogP contribution in [0.4, 0.5) is 0 Å². The van der Waals surface area contributed by atoms with Crippen molar-refractivity contribution in [3.63, 3.8) is 0 Å². The van der Waals surface area contributed by atoms with Crippen LogP contribution >= 0.6 is 0 Å². The lowest BCUT2D eigenvalue weighted by atomic mass is 10.0. The maximum Gasteiger partial charge on any atom is 0.339 e. The first-order valence-corrected chi connectivity index (χ1v) is 6.51. The van der Waals surface area contributed by atoms with Gasteiger partial charge in [-0.25, -0.2) is 4.79 Å². The summed E-state index contributed by atoms with van der Waals surface area (Å²) in [4.78, 5) is 12.0. The van der Waals surface area contributed by atoms with E-state index in [4.69, 9.17) is 9.15 Å². The van der Waals surface area contributed by atoms with E-state index in [9.17, 15) is 9.90 Å². The van der Waals surface area contributed by atoms with Crippen LogP contribution in [0.3, 0.4) is 0 Å². The van der Waals surface area contributed by atoms with Crippen LogP contribution in [-0.2, 0) is 6.42 Å². The smallest absolute Gasteiger partial charge is 0.339 e. The first-order valence-electron chi connectivity index (χ1n) is 6.51. The number of hydrogen-bond donors (Lipinski definition) is 1. The third-order valence-electron chi connectivity index (χ3n) is 3.13. The van der Waals surface area contributed by atoms with Crippen molar-refractivity contribution in [3.05, 3.63) is 52.4 Å². The van der Waals surface area contributed by atoms with E-state index in [1.807, 2.05) is 19.1 Å². The van der Waals surface area contributed by atoms with Crippen LogP contribution in [0, 0.1) is 6.92 Å². The molecule has 0 saturated heterocycles. The molecule has 4 heteroatoms. The van der Waals surface area contributed by atoms with Crippen LogP contribution in [0.25, 0.3) is 11.0 Å². The minimum atomic E-state index is -0.579. The standard InChI is InChI=1S/C16H18O4/c1-4-7-19-12-5-6-13-11(3)14(8-10(2)17)16(18)20-15(13)9-12/h4-6,9-10,17H,1,7-8H2,2-3H3/t10-/m1/s1. The van der Waals surface area contributed by atoms with Gasteiger partial charge in [-0.1, -0.05) is 12.7 Å². The largest absolute Gasteiger partial charge is 0.489 e. The normalized spacial score (nSPS) is 12.3. The number of benzene rings is 1. The number of aliphatic hydroxyl groups is 1. The van der Waals surface area contributed by atoms with E-state index in [-0.39, 0.29) is 0 Å². The van der Waals surface area contributed by atoms with Gasteiger partial charge in [-0.15, -0.1) is 0 Å². The molecule has 4 nitrogen and oxygen atoms in total. The number of rotatable bonds is 5. The third kappa shape index (κ3) is 2.91. The van der Waals surface area contributed by atoms with Crippen molar-refractivity contribution in [1.82, 2.24) is 0 Å². The summed E-state index contributed by atoms with van der Waals surface area (Å²) in [5.41, 5.74) is 1.44. The number of ether oxygens (including phenoxy) is 1. The fourth-order valence-electron chi connectivity index (χ4n) is 2.15.